The van der Waals surface area contributed by atoms with Crippen molar-refractivity contribution in [3.8, 4) is 0 Å². The standard InChI is InChI=1S/C13H17ClN2O/c1-8(6-9-2-3-9)16-10-4-5-12(14)11(7-10)13(15)17/h4-5,7-9,16H,2-3,6H2,1H3,(H2,15,17). The first-order chi connectivity index (χ1) is 8.06. The highest BCUT2D eigenvalue weighted by Crippen LogP contribution is 2.34. The Labute approximate surface area is 106 Å². The van der Waals surface area contributed by atoms with Gasteiger partial charge >= 0.3 is 0 Å². The van der Waals surface area contributed by atoms with Gasteiger partial charge in [0.2, 0.25) is 5.91 Å². The summed E-state index contributed by atoms with van der Waals surface area (Å²) in [7, 11) is 0. The zero-order valence-electron chi connectivity index (χ0n) is 9.87. The van der Waals surface area contributed by atoms with Gasteiger partial charge in [-0.3, -0.25) is 4.79 Å². The van der Waals surface area contributed by atoms with E-state index in [9.17, 15) is 4.79 Å². The normalized spacial score (nSPS) is 16.6. The lowest BCUT2D eigenvalue weighted by Gasteiger charge is -2.15. The van der Waals surface area contributed by atoms with Crippen LogP contribution in [-0.2, 0) is 0 Å². The number of amides is 1. The van der Waals surface area contributed by atoms with E-state index in [2.05, 4.69) is 12.2 Å². The van der Waals surface area contributed by atoms with Crippen molar-refractivity contribution in [2.24, 2.45) is 11.7 Å². The second-order valence-electron chi connectivity index (χ2n) is 4.78. The van der Waals surface area contributed by atoms with Gasteiger partial charge in [0.25, 0.3) is 0 Å². The zero-order chi connectivity index (χ0) is 12.4. The summed E-state index contributed by atoms with van der Waals surface area (Å²) in [6, 6.07) is 5.70. The van der Waals surface area contributed by atoms with Crippen LogP contribution in [0.4, 0.5) is 5.69 Å². The van der Waals surface area contributed by atoms with Crippen LogP contribution in [0.2, 0.25) is 5.02 Å². The van der Waals surface area contributed by atoms with Crippen LogP contribution in [0.25, 0.3) is 0 Å². The van der Waals surface area contributed by atoms with E-state index in [1.54, 1.807) is 12.1 Å². The van der Waals surface area contributed by atoms with Crippen LogP contribution in [0.3, 0.4) is 0 Å². The Balaban J connectivity index is 2.04. The van der Waals surface area contributed by atoms with Crippen LogP contribution < -0.4 is 11.1 Å². The largest absolute Gasteiger partial charge is 0.383 e. The fourth-order valence-corrected chi connectivity index (χ4v) is 2.21. The van der Waals surface area contributed by atoms with Gasteiger partial charge in [0.15, 0.2) is 0 Å². The molecule has 1 amide bonds. The molecule has 1 aliphatic carbocycles. The van der Waals surface area contributed by atoms with Gasteiger partial charge in [-0.2, -0.15) is 0 Å². The number of carbonyl (C=O) groups excluding carboxylic acids is 1. The number of primary amides is 1. The molecule has 3 N–H and O–H groups in total. The van der Waals surface area contributed by atoms with Gasteiger partial charge in [-0.1, -0.05) is 24.4 Å². The maximum Gasteiger partial charge on any atom is 0.250 e. The van der Waals surface area contributed by atoms with Gasteiger partial charge in [0.1, 0.15) is 0 Å². The van der Waals surface area contributed by atoms with Crippen molar-refractivity contribution in [3.05, 3.63) is 28.8 Å². The quantitative estimate of drug-likeness (QED) is 0.846. The van der Waals surface area contributed by atoms with Crippen molar-refractivity contribution in [1.29, 1.82) is 0 Å². The van der Waals surface area contributed by atoms with Gasteiger partial charge in [-0.05, 0) is 37.5 Å². The molecule has 1 fully saturated rings. The predicted octanol–water partition coefficient (Wildman–Crippen LogP) is 3.04. The van der Waals surface area contributed by atoms with Crippen LogP contribution in [0.15, 0.2) is 18.2 Å². The summed E-state index contributed by atoms with van der Waals surface area (Å²) in [6.07, 6.45) is 3.87. The minimum absolute atomic E-state index is 0.371. The molecular formula is C13H17ClN2O. The third kappa shape index (κ3) is 3.37. The van der Waals surface area contributed by atoms with Crippen LogP contribution in [-0.4, -0.2) is 11.9 Å². The summed E-state index contributed by atoms with van der Waals surface area (Å²) < 4.78 is 0. The maximum atomic E-state index is 11.2. The fourth-order valence-electron chi connectivity index (χ4n) is 2.00. The van der Waals surface area contributed by atoms with Crippen LogP contribution in [0, 0.1) is 5.92 Å². The van der Waals surface area contributed by atoms with E-state index in [-0.39, 0.29) is 0 Å². The molecule has 0 spiro atoms. The Bertz CT molecular complexity index is 429. The molecule has 2 rings (SSSR count). The van der Waals surface area contributed by atoms with E-state index in [4.69, 9.17) is 17.3 Å². The minimum atomic E-state index is -0.492. The Morgan fingerprint density at radius 1 is 1.59 bits per heavy atom. The first-order valence-electron chi connectivity index (χ1n) is 5.92. The lowest BCUT2D eigenvalue weighted by atomic mass is 10.1. The average molecular weight is 253 g/mol. The number of anilines is 1. The molecule has 1 saturated carbocycles. The molecule has 0 heterocycles. The molecule has 4 heteroatoms. The predicted molar refractivity (Wildman–Crippen MR) is 70.4 cm³/mol. The summed E-state index contributed by atoms with van der Waals surface area (Å²) in [4.78, 5) is 11.2. The monoisotopic (exact) mass is 252 g/mol. The number of halogens is 1. The van der Waals surface area contributed by atoms with Crippen molar-refractivity contribution in [1.82, 2.24) is 0 Å². The molecule has 1 aromatic carbocycles. The summed E-state index contributed by atoms with van der Waals surface area (Å²) in [6.45, 7) is 2.15. The van der Waals surface area contributed by atoms with E-state index in [1.807, 2.05) is 6.07 Å². The Morgan fingerprint density at radius 2 is 2.29 bits per heavy atom. The average Bonchev–Trinajstić information content (AvgIpc) is 3.04. The molecule has 1 atom stereocenters. The number of benzene rings is 1. The van der Waals surface area contributed by atoms with Crippen molar-refractivity contribution < 1.29 is 4.79 Å². The molecule has 0 aromatic heterocycles. The Morgan fingerprint density at radius 3 is 2.88 bits per heavy atom. The van der Waals surface area contributed by atoms with Gasteiger partial charge in [0.05, 0.1) is 10.6 Å². The van der Waals surface area contributed by atoms with E-state index in [0.717, 1.165) is 11.6 Å². The first-order valence-corrected chi connectivity index (χ1v) is 6.30. The third-order valence-corrected chi connectivity index (χ3v) is 3.36. The fraction of sp³-hybridized carbons (Fsp3) is 0.462. The molecule has 92 valence electrons. The van der Waals surface area contributed by atoms with E-state index in [0.29, 0.717) is 16.6 Å². The second kappa shape index (κ2) is 4.96. The minimum Gasteiger partial charge on any atom is -0.383 e. The van der Waals surface area contributed by atoms with Crippen molar-refractivity contribution in [2.75, 3.05) is 5.32 Å². The van der Waals surface area contributed by atoms with Gasteiger partial charge in [0, 0.05) is 11.7 Å². The van der Waals surface area contributed by atoms with Gasteiger partial charge in [-0.25, -0.2) is 0 Å². The van der Waals surface area contributed by atoms with Crippen molar-refractivity contribution in [2.45, 2.75) is 32.2 Å². The molecule has 0 aliphatic heterocycles. The van der Waals surface area contributed by atoms with Gasteiger partial charge in [-0.15, -0.1) is 0 Å². The molecular weight excluding hydrogens is 236 g/mol. The number of hydrogen-bond acceptors (Lipinski definition) is 2. The lowest BCUT2D eigenvalue weighted by Crippen LogP contribution is -2.17. The SMILES string of the molecule is CC(CC1CC1)Nc1ccc(Cl)c(C(N)=O)c1. The molecule has 1 aromatic rings. The number of hydrogen-bond donors (Lipinski definition) is 2. The highest BCUT2D eigenvalue weighted by Gasteiger charge is 2.23. The third-order valence-electron chi connectivity index (χ3n) is 3.03. The first kappa shape index (κ1) is 12.2. The highest BCUT2D eigenvalue weighted by molar-refractivity contribution is 6.33. The number of rotatable bonds is 5. The van der Waals surface area contributed by atoms with Gasteiger partial charge < -0.3 is 11.1 Å². The van der Waals surface area contributed by atoms with E-state index < -0.39 is 5.91 Å². The number of nitrogens with one attached hydrogen (secondary N) is 1. The van der Waals surface area contributed by atoms with Crippen LogP contribution in [0.5, 0.6) is 0 Å². The van der Waals surface area contributed by atoms with E-state index in [1.165, 1.54) is 19.3 Å². The topological polar surface area (TPSA) is 55.1 Å². The maximum absolute atomic E-state index is 11.2. The molecule has 3 nitrogen and oxygen atoms in total. The summed E-state index contributed by atoms with van der Waals surface area (Å²) in [5, 5.41) is 3.77. The Hall–Kier alpha value is -1.22. The van der Waals surface area contributed by atoms with Crippen LogP contribution >= 0.6 is 11.6 Å². The smallest absolute Gasteiger partial charge is 0.250 e. The molecule has 1 unspecified atom stereocenters. The number of carbonyl (C=O) groups is 1. The lowest BCUT2D eigenvalue weighted by molar-refractivity contribution is 0.100. The molecule has 0 bridgehead atoms. The Kier molecular flexibility index (Phi) is 3.57. The second-order valence-corrected chi connectivity index (χ2v) is 5.19. The number of nitrogens with two attached hydrogens (primary N) is 1. The molecule has 0 saturated heterocycles. The summed E-state index contributed by atoms with van der Waals surface area (Å²) in [5.41, 5.74) is 6.52. The summed E-state index contributed by atoms with van der Waals surface area (Å²) in [5.74, 6) is 0.383. The van der Waals surface area contributed by atoms with E-state index >= 15 is 0 Å². The van der Waals surface area contributed by atoms with Crippen LogP contribution in [0.1, 0.15) is 36.5 Å². The highest BCUT2D eigenvalue weighted by atomic mass is 35.5. The summed E-state index contributed by atoms with van der Waals surface area (Å²) >= 11 is 5.89. The zero-order valence-corrected chi connectivity index (χ0v) is 10.6. The molecule has 0 radical (unpaired) electrons. The molecule has 17 heavy (non-hydrogen) atoms. The van der Waals surface area contributed by atoms with Crippen molar-refractivity contribution in [3.63, 3.8) is 0 Å². The van der Waals surface area contributed by atoms with Crippen molar-refractivity contribution >= 4 is 23.2 Å². The molecule has 1 aliphatic rings.